The third-order valence-electron chi connectivity index (χ3n) is 1.41. The number of nitrogens with zero attached hydrogens (tertiary/aromatic N) is 1. The number of hydrogen-bond donors (Lipinski definition) is 1. The highest BCUT2D eigenvalue weighted by Gasteiger charge is 2.19. The van der Waals surface area contributed by atoms with E-state index in [0.717, 1.165) is 0 Å². The number of carboxylic acid groups (broad SMARTS) is 1. The third kappa shape index (κ3) is 7.34. The monoisotopic (exact) mass is 251 g/mol. The Bertz CT molecular complexity index is 150. The molecule has 0 saturated carbocycles. The quantitative estimate of drug-likeness (QED) is 0.440. The standard InChI is InChI=1S/C6H11Cl2NO3.ClH/c7-1-3-9(12,4-2-8)5-6(10)11;/h1-5H2,(H,10,11);1H. The van der Waals surface area contributed by atoms with Gasteiger partial charge in [-0.15, -0.1) is 35.6 Å². The number of aliphatic carboxylic acids is 1. The smallest absolute Gasteiger partial charge is 0.359 e. The molecule has 13 heavy (non-hydrogen) atoms. The van der Waals surface area contributed by atoms with Crippen molar-refractivity contribution >= 4 is 41.6 Å². The van der Waals surface area contributed by atoms with Gasteiger partial charge < -0.3 is 15.0 Å². The number of hydrogen-bond acceptors (Lipinski definition) is 2. The van der Waals surface area contributed by atoms with Crippen LogP contribution in [0.4, 0.5) is 0 Å². The van der Waals surface area contributed by atoms with Crippen LogP contribution >= 0.6 is 35.6 Å². The summed E-state index contributed by atoms with van der Waals surface area (Å²) >= 11 is 10.7. The van der Waals surface area contributed by atoms with Gasteiger partial charge in [0.2, 0.25) is 0 Å². The molecule has 7 heteroatoms. The molecule has 0 aliphatic rings. The molecule has 0 bridgehead atoms. The van der Waals surface area contributed by atoms with Gasteiger partial charge in [-0.3, -0.25) is 0 Å². The number of carboxylic acids is 1. The van der Waals surface area contributed by atoms with Crippen molar-refractivity contribution in [3.63, 3.8) is 0 Å². The molecule has 0 aromatic heterocycles. The molecule has 1 N–H and O–H groups in total. The van der Waals surface area contributed by atoms with Crippen LogP contribution in [0.1, 0.15) is 0 Å². The summed E-state index contributed by atoms with van der Waals surface area (Å²) < 4.78 is -0.845. The molecule has 0 aliphatic carbocycles. The lowest BCUT2D eigenvalue weighted by Gasteiger charge is -2.40. The van der Waals surface area contributed by atoms with Crippen molar-refractivity contribution in [3.05, 3.63) is 5.21 Å². The van der Waals surface area contributed by atoms with Gasteiger partial charge >= 0.3 is 5.97 Å². The van der Waals surface area contributed by atoms with E-state index in [1.807, 2.05) is 0 Å². The van der Waals surface area contributed by atoms with E-state index in [1.165, 1.54) is 0 Å². The fraction of sp³-hybridized carbons (Fsp3) is 0.833. The lowest BCUT2D eigenvalue weighted by atomic mass is 10.4. The van der Waals surface area contributed by atoms with Gasteiger partial charge in [0, 0.05) is 0 Å². The Morgan fingerprint density at radius 1 is 1.31 bits per heavy atom. The summed E-state index contributed by atoms with van der Waals surface area (Å²) in [5.74, 6) is -0.832. The number of quaternary nitrogens is 1. The molecular weight excluding hydrogens is 240 g/mol. The van der Waals surface area contributed by atoms with E-state index in [1.54, 1.807) is 0 Å². The second-order valence-corrected chi connectivity index (χ2v) is 3.19. The minimum atomic E-state index is -1.12. The summed E-state index contributed by atoms with van der Waals surface area (Å²) in [5.41, 5.74) is 0. The molecule has 0 atom stereocenters. The normalized spacial score (nSPS) is 10.7. The van der Waals surface area contributed by atoms with Crippen LogP contribution in [0.3, 0.4) is 0 Å². The summed E-state index contributed by atoms with van der Waals surface area (Å²) in [5, 5.41) is 19.9. The average Bonchev–Trinajstić information content (AvgIpc) is 1.85. The van der Waals surface area contributed by atoms with Crippen molar-refractivity contribution in [2.45, 2.75) is 0 Å². The van der Waals surface area contributed by atoms with E-state index < -0.39 is 17.2 Å². The van der Waals surface area contributed by atoms with Crippen LogP contribution in [0.15, 0.2) is 0 Å². The zero-order valence-electron chi connectivity index (χ0n) is 6.91. The largest absolute Gasteiger partial charge is 0.632 e. The average molecular weight is 253 g/mol. The highest BCUT2D eigenvalue weighted by Crippen LogP contribution is 2.04. The fourth-order valence-corrected chi connectivity index (χ4v) is 1.44. The Morgan fingerprint density at radius 2 is 1.69 bits per heavy atom. The Hall–Kier alpha value is 0.260. The molecule has 4 nitrogen and oxygen atoms in total. The minimum absolute atomic E-state index is 0. The third-order valence-corrected chi connectivity index (χ3v) is 1.75. The van der Waals surface area contributed by atoms with Gasteiger partial charge in [0.25, 0.3) is 0 Å². The van der Waals surface area contributed by atoms with Gasteiger partial charge in [0.1, 0.15) is 0 Å². The van der Waals surface area contributed by atoms with E-state index in [9.17, 15) is 10.0 Å². The summed E-state index contributed by atoms with van der Waals surface area (Å²) in [6.07, 6.45) is 0. The second-order valence-electron chi connectivity index (χ2n) is 2.44. The van der Waals surface area contributed by atoms with E-state index in [2.05, 4.69) is 0 Å². The van der Waals surface area contributed by atoms with E-state index in [-0.39, 0.29) is 37.3 Å². The summed E-state index contributed by atoms with van der Waals surface area (Å²) in [7, 11) is 0. The maximum absolute atomic E-state index is 11.5. The first-order chi connectivity index (χ1) is 5.54. The molecule has 0 heterocycles. The highest BCUT2D eigenvalue weighted by molar-refractivity contribution is 6.18. The molecule has 0 spiro atoms. The number of halogens is 3. The van der Waals surface area contributed by atoms with Crippen LogP contribution in [0.2, 0.25) is 0 Å². The molecule has 0 aromatic rings. The number of rotatable bonds is 6. The zero-order chi connectivity index (χ0) is 9.61. The second kappa shape index (κ2) is 7.64. The van der Waals surface area contributed by atoms with Crippen LogP contribution < -0.4 is 0 Å². The highest BCUT2D eigenvalue weighted by atomic mass is 35.5. The Kier molecular flexibility index (Phi) is 9.24. The summed E-state index contributed by atoms with van der Waals surface area (Å²) in [6, 6.07) is 0. The zero-order valence-corrected chi connectivity index (χ0v) is 9.24. The van der Waals surface area contributed by atoms with Crippen molar-refractivity contribution in [2.75, 3.05) is 31.4 Å². The van der Waals surface area contributed by atoms with Gasteiger partial charge in [-0.25, -0.2) is 4.79 Å². The predicted molar refractivity (Wildman–Crippen MR) is 54.6 cm³/mol. The maximum atomic E-state index is 11.5. The molecule has 0 rings (SSSR count). The van der Waals surface area contributed by atoms with Gasteiger partial charge in [-0.2, -0.15) is 0 Å². The van der Waals surface area contributed by atoms with Crippen molar-refractivity contribution in [2.24, 2.45) is 0 Å². The van der Waals surface area contributed by atoms with Crippen molar-refractivity contribution in [1.82, 2.24) is 0 Å². The Labute approximate surface area is 93.0 Å². The van der Waals surface area contributed by atoms with Gasteiger partial charge in [-0.05, 0) is 0 Å². The van der Waals surface area contributed by atoms with Crippen LogP contribution in [0, 0.1) is 5.21 Å². The topological polar surface area (TPSA) is 60.4 Å². The predicted octanol–water partition coefficient (Wildman–Crippen LogP) is 1.28. The van der Waals surface area contributed by atoms with Gasteiger partial charge in [0.15, 0.2) is 6.54 Å². The van der Waals surface area contributed by atoms with Crippen LogP contribution in [-0.2, 0) is 4.79 Å². The Morgan fingerprint density at radius 3 is 1.92 bits per heavy atom. The molecule has 0 aliphatic heterocycles. The maximum Gasteiger partial charge on any atom is 0.359 e. The van der Waals surface area contributed by atoms with E-state index in [4.69, 9.17) is 28.3 Å². The van der Waals surface area contributed by atoms with Crippen molar-refractivity contribution in [1.29, 1.82) is 0 Å². The molecule has 0 aromatic carbocycles. The van der Waals surface area contributed by atoms with Gasteiger partial charge in [0.05, 0.1) is 24.8 Å². The summed E-state index contributed by atoms with van der Waals surface area (Å²) in [4.78, 5) is 10.3. The summed E-state index contributed by atoms with van der Waals surface area (Å²) in [6.45, 7) is -0.305. The molecular formula is C6H12Cl3NO3. The number of alkyl halides is 2. The van der Waals surface area contributed by atoms with Crippen LogP contribution in [0.25, 0.3) is 0 Å². The first-order valence-electron chi connectivity index (χ1n) is 3.45. The van der Waals surface area contributed by atoms with E-state index >= 15 is 0 Å². The lowest BCUT2D eigenvalue weighted by Crippen LogP contribution is -2.48. The molecule has 0 fully saturated rings. The molecule has 0 amide bonds. The first-order valence-corrected chi connectivity index (χ1v) is 4.52. The minimum Gasteiger partial charge on any atom is -0.632 e. The molecule has 0 saturated heterocycles. The molecule has 0 radical (unpaired) electrons. The fourth-order valence-electron chi connectivity index (χ4n) is 0.824. The SMILES string of the molecule is Cl.O=C(O)C[N+]([O-])(CCCl)CCCl. The Balaban J connectivity index is 0. The number of hydroxylamine groups is 3. The molecule has 0 unspecified atom stereocenters. The van der Waals surface area contributed by atoms with Crippen LogP contribution in [0.5, 0.6) is 0 Å². The molecule has 80 valence electrons. The van der Waals surface area contributed by atoms with E-state index in [0.29, 0.717) is 0 Å². The lowest BCUT2D eigenvalue weighted by molar-refractivity contribution is -0.868. The number of carbonyl (C=O) groups is 1. The van der Waals surface area contributed by atoms with Crippen molar-refractivity contribution in [3.8, 4) is 0 Å². The van der Waals surface area contributed by atoms with Crippen LogP contribution in [-0.4, -0.2) is 47.1 Å². The first kappa shape index (κ1) is 15.7. The van der Waals surface area contributed by atoms with Crippen molar-refractivity contribution < 1.29 is 14.5 Å². The van der Waals surface area contributed by atoms with Gasteiger partial charge in [-0.1, -0.05) is 0 Å².